The highest BCUT2D eigenvalue weighted by molar-refractivity contribution is 5.90. The fourth-order valence-electron chi connectivity index (χ4n) is 3.24. The summed E-state index contributed by atoms with van der Waals surface area (Å²) < 4.78 is 15.6. The zero-order valence-electron chi connectivity index (χ0n) is 15.4. The number of anilines is 1. The Labute approximate surface area is 161 Å². The summed E-state index contributed by atoms with van der Waals surface area (Å²) in [5.41, 5.74) is 0.643. The molecule has 0 unspecified atom stereocenters. The van der Waals surface area contributed by atoms with E-state index in [-0.39, 0.29) is 31.2 Å². The number of aryl methyl sites for hydroxylation is 1. The molecule has 1 aromatic heterocycles. The first-order chi connectivity index (χ1) is 13.6. The van der Waals surface area contributed by atoms with E-state index in [9.17, 15) is 9.59 Å². The van der Waals surface area contributed by atoms with Crippen molar-refractivity contribution in [2.45, 2.75) is 26.3 Å². The molecular formula is C18H21N5O5. The molecule has 2 aromatic rings. The van der Waals surface area contributed by atoms with Crippen molar-refractivity contribution in [2.75, 3.05) is 25.2 Å². The number of fused-ring (bicyclic) bond motifs is 1. The maximum absolute atomic E-state index is 12.5. The Balaban J connectivity index is 1.24. The van der Waals surface area contributed by atoms with Gasteiger partial charge in [0.25, 0.3) is 0 Å². The minimum atomic E-state index is -0.195. The van der Waals surface area contributed by atoms with Gasteiger partial charge in [0.05, 0.1) is 6.54 Å². The third kappa shape index (κ3) is 4.00. The van der Waals surface area contributed by atoms with E-state index in [1.165, 1.54) is 0 Å². The van der Waals surface area contributed by atoms with Crippen LogP contribution in [0, 0.1) is 12.8 Å². The molecule has 1 aromatic carbocycles. The van der Waals surface area contributed by atoms with Gasteiger partial charge in [-0.25, -0.2) is 4.79 Å². The normalized spacial score (nSPS) is 16.1. The summed E-state index contributed by atoms with van der Waals surface area (Å²) in [5, 5.41) is 9.35. The molecule has 2 aliphatic heterocycles. The van der Waals surface area contributed by atoms with Crippen molar-refractivity contribution >= 4 is 17.6 Å². The van der Waals surface area contributed by atoms with Gasteiger partial charge in [-0.2, -0.15) is 4.98 Å². The smallest absolute Gasteiger partial charge is 0.321 e. The van der Waals surface area contributed by atoms with E-state index in [1.807, 2.05) is 0 Å². The van der Waals surface area contributed by atoms with Crippen LogP contribution in [-0.4, -0.2) is 46.9 Å². The zero-order chi connectivity index (χ0) is 19.5. The first-order valence-electron chi connectivity index (χ1n) is 9.11. The number of hydrogen-bond acceptors (Lipinski definition) is 7. The molecule has 2 N–H and O–H groups in total. The molecule has 0 aliphatic carbocycles. The molecule has 28 heavy (non-hydrogen) atoms. The second-order valence-corrected chi connectivity index (χ2v) is 6.71. The quantitative estimate of drug-likeness (QED) is 0.819. The lowest BCUT2D eigenvalue weighted by atomic mass is 9.96. The molecule has 4 rings (SSSR count). The molecule has 3 heterocycles. The van der Waals surface area contributed by atoms with Crippen LogP contribution in [0.2, 0.25) is 0 Å². The molecule has 148 valence electrons. The molecular weight excluding hydrogens is 366 g/mol. The molecule has 10 heteroatoms. The molecule has 3 amide bonds. The molecule has 0 radical (unpaired) electrons. The number of carbonyl (C=O) groups excluding carboxylic acids is 2. The number of urea groups is 1. The first kappa shape index (κ1) is 18.1. The second kappa shape index (κ2) is 7.75. The van der Waals surface area contributed by atoms with Crippen molar-refractivity contribution in [3.63, 3.8) is 0 Å². The monoisotopic (exact) mass is 387 g/mol. The number of likely N-dealkylation sites (tertiary alicyclic amines) is 1. The summed E-state index contributed by atoms with van der Waals surface area (Å²) in [4.78, 5) is 30.5. The van der Waals surface area contributed by atoms with E-state index < -0.39 is 0 Å². The first-order valence-corrected chi connectivity index (χ1v) is 9.11. The maximum Gasteiger partial charge on any atom is 0.321 e. The Morgan fingerprint density at radius 2 is 2.00 bits per heavy atom. The van der Waals surface area contributed by atoms with Crippen LogP contribution in [0.1, 0.15) is 24.6 Å². The van der Waals surface area contributed by atoms with Gasteiger partial charge in [0.2, 0.25) is 18.6 Å². The third-order valence-corrected chi connectivity index (χ3v) is 4.76. The van der Waals surface area contributed by atoms with Gasteiger partial charge < -0.3 is 29.5 Å². The van der Waals surface area contributed by atoms with Gasteiger partial charge in [-0.3, -0.25) is 4.79 Å². The molecule has 0 bridgehead atoms. The van der Waals surface area contributed by atoms with Gasteiger partial charge >= 0.3 is 6.03 Å². The molecule has 0 atom stereocenters. The molecule has 2 aliphatic rings. The number of carbonyl (C=O) groups is 2. The lowest BCUT2D eigenvalue weighted by molar-refractivity contribution is -0.126. The summed E-state index contributed by atoms with van der Waals surface area (Å²) in [6.45, 7) is 3.14. The minimum Gasteiger partial charge on any atom is -0.454 e. The Hall–Kier alpha value is -3.30. The number of ether oxygens (including phenoxy) is 2. The van der Waals surface area contributed by atoms with E-state index in [2.05, 4.69) is 20.8 Å². The van der Waals surface area contributed by atoms with Crippen LogP contribution in [0.25, 0.3) is 0 Å². The average molecular weight is 387 g/mol. The van der Waals surface area contributed by atoms with Crippen LogP contribution in [0.4, 0.5) is 10.5 Å². The summed E-state index contributed by atoms with van der Waals surface area (Å²) in [5.74, 6) is 1.99. The number of nitrogens with zero attached hydrogens (tertiary/aromatic N) is 3. The molecule has 0 saturated carbocycles. The van der Waals surface area contributed by atoms with Crippen LogP contribution in [0.3, 0.4) is 0 Å². The largest absolute Gasteiger partial charge is 0.454 e. The van der Waals surface area contributed by atoms with Crippen LogP contribution in [-0.2, 0) is 11.3 Å². The van der Waals surface area contributed by atoms with Gasteiger partial charge in [0, 0.05) is 30.8 Å². The van der Waals surface area contributed by atoms with Crippen LogP contribution >= 0.6 is 0 Å². The van der Waals surface area contributed by atoms with Crippen LogP contribution in [0.15, 0.2) is 22.7 Å². The highest BCUT2D eigenvalue weighted by Crippen LogP contribution is 2.34. The lowest BCUT2D eigenvalue weighted by Gasteiger charge is -2.31. The van der Waals surface area contributed by atoms with Crippen molar-refractivity contribution in [2.24, 2.45) is 5.92 Å². The second-order valence-electron chi connectivity index (χ2n) is 6.71. The summed E-state index contributed by atoms with van der Waals surface area (Å²) in [7, 11) is 0. The van der Waals surface area contributed by atoms with E-state index in [0.29, 0.717) is 54.8 Å². The van der Waals surface area contributed by atoms with E-state index in [1.54, 1.807) is 30.0 Å². The molecule has 0 spiro atoms. The summed E-state index contributed by atoms with van der Waals surface area (Å²) in [6, 6.07) is 5.07. The Kier molecular flexibility index (Phi) is 5.00. The fourth-order valence-corrected chi connectivity index (χ4v) is 3.24. The maximum atomic E-state index is 12.5. The predicted molar refractivity (Wildman–Crippen MR) is 96.8 cm³/mol. The third-order valence-electron chi connectivity index (χ3n) is 4.76. The molecule has 10 nitrogen and oxygen atoms in total. The van der Waals surface area contributed by atoms with Gasteiger partial charge in [-0.1, -0.05) is 5.16 Å². The van der Waals surface area contributed by atoms with Crippen molar-refractivity contribution in [1.29, 1.82) is 0 Å². The van der Waals surface area contributed by atoms with Gasteiger partial charge in [-0.15, -0.1) is 0 Å². The van der Waals surface area contributed by atoms with Gasteiger partial charge in [0.15, 0.2) is 17.3 Å². The van der Waals surface area contributed by atoms with Crippen molar-refractivity contribution in [3.8, 4) is 11.5 Å². The standard InChI is InChI=1S/C18H21N5O5/c1-11-20-16(28-22-11)9-19-17(24)12-4-6-23(7-5-12)18(25)21-13-2-3-14-15(8-13)27-10-26-14/h2-3,8,12H,4-7,9-10H2,1H3,(H,19,24)(H,21,25). The highest BCUT2D eigenvalue weighted by atomic mass is 16.7. The van der Waals surface area contributed by atoms with Crippen molar-refractivity contribution in [3.05, 3.63) is 29.9 Å². The molecule has 1 saturated heterocycles. The molecule has 1 fully saturated rings. The van der Waals surface area contributed by atoms with Crippen LogP contribution < -0.4 is 20.1 Å². The average Bonchev–Trinajstić information content (AvgIpc) is 3.34. The van der Waals surface area contributed by atoms with E-state index >= 15 is 0 Å². The number of rotatable bonds is 4. The fraction of sp³-hybridized carbons (Fsp3) is 0.444. The Morgan fingerprint density at radius 1 is 1.21 bits per heavy atom. The number of piperidine rings is 1. The predicted octanol–water partition coefficient (Wildman–Crippen LogP) is 1.67. The lowest BCUT2D eigenvalue weighted by Crippen LogP contribution is -2.44. The van der Waals surface area contributed by atoms with Gasteiger partial charge in [-0.05, 0) is 31.9 Å². The van der Waals surface area contributed by atoms with E-state index in [0.717, 1.165) is 0 Å². The number of amides is 3. The highest BCUT2D eigenvalue weighted by Gasteiger charge is 2.27. The minimum absolute atomic E-state index is 0.0633. The summed E-state index contributed by atoms with van der Waals surface area (Å²) in [6.07, 6.45) is 1.20. The number of benzene rings is 1. The summed E-state index contributed by atoms with van der Waals surface area (Å²) >= 11 is 0. The van der Waals surface area contributed by atoms with Gasteiger partial charge in [0.1, 0.15) is 0 Å². The van der Waals surface area contributed by atoms with Crippen molar-refractivity contribution < 1.29 is 23.6 Å². The van der Waals surface area contributed by atoms with Crippen LogP contribution in [0.5, 0.6) is 11.5 Å². The number of aromatic nitrogens is 2. The SMILES string of the molecule is Cc1noc(CNC(=O)C2CCN(C(=O)Nc3ccc4c(c3)OCO4)CC2)n1. The zero-order valence-corrected chi connectivity index (χ0v) is 15.4. The number of nitrogens with one attached hydrogen (secondary N) is 2. The van der Waals surface area contributed by atoms with E-state index in [4.69, 9.17) is 14.0 Å². The topological polar surface area (TPSA) is 119 Å². The Bertz CT molecular complexity index is 875. The Morgan fingerprint density at radius 3 is 2.75 bits per heavy atom. The number of hydrogen-bond donors (Lipinski definition) is 2. The van der Waals surface area contributed by atoms with Crippen molar-refractivity contribution in [1.82, 2.24) is 20.4 Å².